The Balaban J connectivity index is 2.38. The van der Waals surface area contributed by atoms with Crippen LogP contribution in [0.25, 0.3) is 0 Å². The van der Waals surface area contributed by atoms with Crippen molar-refractivity contribution in [1.29, 1.82) is 0 Å². The van der Waals surface area contributed by atoms with Crippen LogP contribution in [-0.2, 0) is 32.3 Å². The van der Waals surface area contributed by atoms with E-state index in [4.69, 9.17) is 4.55 Å². The average molecular weight is 257 g/mol. The van der Waals surface area contributed by atoms with Gasteiger partial charge in [-0.2, -0.15) is 13.5 Å². The Labute approximate surface area is 98.7 Å². The van der Waals surface area contributed by atoms with Gasteiger partial charge in [0.2, 0.25) is 0 Å². The van der Waals surface area contributed by atoms with Crippen molar-refractivity contribution in [1.82, 2.24) is 0 Å². The van der Waals surface area contributed by atoms with Crippen molar-refractivity contribution >= 4 is 22.0 Å². The van der Waals surface area contributed by atoms with Gasteiger partial charge in [0, 0.05) is 0 Å². The Bertz CT molecular complexity index is 566. The summed E-state index contributed by atoms with van der Waals surface area (Å²) in [5, 5.41) is 0.601. The van der Waals surface area contributed by atoms with Gasteiger partial charge in [0.15, 0.2) is 0 Å². The maximum Gasteiger partial charge on any atom is 0.418 e. The molecule has 17 heavy (non-hydrogen) atoms. The summed E-state index contributed by atoms with van der Waals surface area (Å²) in [5.41, 5.74) is 2.09. The molecule has 1 aliphatic rings. The Morgan fingerprint density at radius 1 is 1.47 bits per heavy atom. The van der Waals surface area contributed by atoms with Crippen LogP contribution in [0.3, 0.4) is 0 Å². The van der Waals surface area contributed by atoms with Gasteiger partial charge in [-0.15, -0.1) is 4.28 Å². The van der Waals surface area contributed by atoms with Crippen LogP contribution in [0, 0.1) is 0 Å². The van der Waals surface area contributed by atoms with Crippen LogP contribution in [-0.4, -0.2) is 18.9 Å². The fourth-order valence-corrected chi connectivity index (χ4v) is 2.10. The lowest BCUT2D eigenvalue weighted by Gasteiger charge is -2.13. The van der Waals surface area contributed by atoms with Crippen molar-refractivity contribution in [2.45, 2.75) is 19.8 Å². The van der Waals surface area contributed by atoms with Gasteiger partial charge in [0.1, 0.15) is 0 Å². The van der Waals surface area contributed by atoms with Crippen molar-refractivity contribution in [2.75, 3.05) is 5.06 Å². The van der Waals surface area contributed by atoms with Gasteiger partial charge in [-0.05, 0) is 23.6 Å². The Kier molecular flexibility index (Phi) is 2.90. The van der Waals surface area contributed by atoms with Crippen molar-refractivity contribution in [3.63, 3.8) is 0 Å². The quantitative estimate of drug-likeness (QED) is 0.812. The molecule has 1 aromatic rings. The Hall–Kier alpha value is -1.44. The third-order valence-corrected chi connectivity index (χ3v) is 2.85. The highest BCUT2D eigenvalue weighted by Crippen LogP contribution is 2.30. The molecule has 0 aliphatic carbocycles. The minimum absolute atomic E-state index is 0.0681. The van der Waals surface area contributed by atoms with E-state index in [1.807, 2.05) is 13.0 Å². The molecular formula is C10H11NO5S. The molecule has 1 N–H and O–H groups in total. The number of carbonyl (C=O) groups excluding carboxylic acids is 1. The fraction of sp³-hybridized carbons (Fsp3) is 0.300. The average Bonchev–Trinajstić information content (AvgIpc) is 2.52. The van der Waals surface area contributed by atoms with E-state index in [0.717, 1.165) is 12.0 Å². The molecule has 0 spiro atoms. The monoisotopic (exact) mass is 257 g/mol. The van der Waals surface area contributed by atoms with Crippen molar-refractivity contribution in [3.05, 3.63) is 29.3 Å². The lowest BCUT2D eigenvalue weighted by Crippen LogP contribution is -2.29. The van der Waals surface area contributed by atoms with Gasteiger partial charge in [-0.25, -0.2) is 0 Å². The molecule has 0 radical (unpaired) electrons. The highest BCUT2D eigenvalue weighted by Gasteiger charge is 2.31. The topological polar surface area (TPSA) is 83.9 Å². The lowest BCUT2D eigenvalue weighted by atomic mass is 10.1. The summed E-state index contributed by atoms with van der Waals surface area (Å²) in [4.78, 5) is 11.5. The minimum atomic E-state index is -4.69. The van der Waals surface area contributed by atoms with Gasteiger partial charge in [-0.1, -0.05) is 19.1 Å². The van der Waals surface area contributed by atoms with Crippen LogP contribution >= 0.6 is 0 Å². The van der Waals surface area contributed by atoms with Gasteiger partial charge in [-0.3, -0.25) is 9.35 Å². The highest BCUT2D eigenvalue weighted by molar-refractivity contribution is 7.81. The van der Waals surface area contributed by atoms with Crippen LogP contribution in [0.2, 0.25) is 0 Å². The largest absolute Gasteiger partial charge is 0.418 e. The van der Waals surface area contributed by atoms with E-state index in [1.165, 1.54) is 0 Å². The number of fused-ring (bicyclic) bond motifs is 1. The molecule has 1 aliphatic heterocycles. The zero-order chi connectivity index (χ0) is 12.6. The Morgan fingerprint density at radius 2 is 2.18 bits per heavy atom. The summed E-state index contributed by atoms with van der Waals surface area (Å²) >= 11 is 0. The molecule has 0 bridgehead atoms. The SMILES string of the molecule is CCc1ccc2c(c1)CC(=O)N2OS(=O)(=O)O. The summed E-state index contributed by atoms with van der Waals surface area (Å²) in [5.74, 6) is -0.522. The van der Waals surface area contributed by atoms with E-state index in [0.29, 0.717) is 16.3 Å². The second kappa shape index (κ2) is 4.10. The standard InChI is InChI=1S/C10H11NO5S/c1-2-7-3-4-9-8(5-7)6-10(12)11(9)16-17(13,14)15/h3-5H,2,6H2,1H3,(H,13,14,15). The van der Waals surface area contributed by atoms with E-state index in [1.54, 1.807) is 12.1 Å². The zero-order valence-corrected chi connectivity index (χ0v) is 9.90. The first-order chi connectivity index (χ1) is 7.90. The predicted molar refractivity (Wildman–Crippen MR) is 59.6 cm³/mol. The van der Waals surface area contributed by atoms with E-state index >= 15 is 0 Å². The molecule has 1 amide bonds. The number of benzene rings is 1. The first-order valence-corrected chi connectivity index (χ1v) is 6.39. The highest BCUT2D eigenvalue weighted by atomic mass is 32.3. The number of nitrogens with zero attached hydrogens (tertiary/aromatic N) is 1. The van der Waals surface area contributed by atoms with Crippen molar-refractivity contribution < 1.29 is 22.0 Å². The molecule has 0 fully saturated rings. The smallest absolute Gasteiger partial charge is 0.272 e. The maximum absolute atomic E-state index is 11.5. The molecule has 1 heterocycles. The summed E-state index contributed by atoms with van der Waals surface area (Å²) in [6, 6.07) is 5.20. The lowest BCUT2D eigenvalue weighted by molar-refractivity contribution is -0.121. The number of hydroxylamine groups is 1. The summed E-state index contributed by atoms with van der Waals surface area (Å²) in [6.45, 7) is 1.98. The zero-order valence-electron chi connectivity index (χ0n) is 9.08. The molecule has 0 aromatic heterocycles. The number of amides is 1. The van der Waals surface area contributed by atoms with Crippen LogP contribution in [0.1, 0.15) is 18.1 Å². The molecule has 92 valence electrons. The third-order valence-electron chi connectivity index (χ3n) is 2.51. The van der Waals surface area contributed by atoms with Crippen LogP contribution < -0.4 is 5.06 Å². The minimum Gasteiger partial charge on any atom is -0.272 e. The fourth-order valence-electron chi connectivity index (χ4n) is 1.74. The van der Waals surface area contributed by atoms with E-state index in [2.05, 4.69) is 4.28 Å². The maximum atomic E-state index is 11.5. The summed E-state index contributed by atoms with van der Waals surface area (Å²) in [7, 11) is -4.69. The Morgan fingerprint density at radius 3 is 2.76 bits per heavy atom. The van der Waals surface area contributed by atoms with Crippen LogP contribution in [0.15, 0.2) is 18.2 Å². The first-order valence-electron chi connectivity index (χ1n) is 5.02. The van der Waals surface area contributed by atoms with Gasteiger partial charge in [0.25, 0.3) is 5.91 Å². The number of anilines is 1. The molecule has 0 atom stereocenters. The summed E-state index contributed by atoms with van der Waals surface area (Å²) < 4.78 is 34.0. The molecule has 6 nitrogen and oxygen atoms in total. The predicted octanol–water partition coefficient (Wildman–Crippen LogP) is 0.872. The molecule has 1 aromatic carbocycles. The summed E-state index contributed by atoms with van der Waals surface area (Å²) in [6.07, 6.45) is 0.888. The number of hydrogen-bond donors (Lipinski definition) is 1. The number of aryl methyl sites for hydroxylation is 1. The van der Waals surface area contributed by atoms with Crippen LogP contribution in [0.4, 0.5) is 5.69 Å². The number of rotatable bonds is 3. The van der Waals surface area contributed by atoms with Crippen molar-refractivity contribution in [3.8, 4) is 0 Å². The third kappa shape index (κ3) is 2.46. The first kappa shape index (κ1) is 12.0. The van der Waals surface area contributed by atoms with E-state index in [-0.39, 0.29) is 6.42 Å². The molecule has 0 unspecified atom stereocenters. The normalized spacial score (nSPS) is 15.2. The second-order valence-electron chi connectivity index (χ2n) is 3.68. The van der Waals surface area contributed by atoms with E-state index < -0.39 is 16.3 Å². The van der Waals surface area contributed by atoms with Gasteiger partial charge < -0.3 is 0 Å². The number of hydrogen-bond acceptors (Lipinski definition) is 4. The van der Waals surface area contributed by atoms with Gasteiger partial charge >= 0.3 is 10.4 Å². The number of carbonyl (C=O) groups is 1. The molecule has 7 heteroatoms. The molecule has 0 saturated heterocycles. The van der Waals surface area contributed by atoms with Crippen molar-refractivity contribution in [2.24, 2.45) is 0 Å². The second-order valence-corrected chi connectivity index (χ2v) is 4.69. The molecule has 0 saturated carbocycles. The molecule has 2 rings (SSSR count). The van der Waals surface area contributed by atoms with Crippen LogP contribution in [0.5, 0.6) is 0 Å². The molecular weight excluding hydrogens is 246 g/mol. The van der Waals surface area contributed by atoms with E-state index in [9.17, 15) is 13.2 Å². The van der Waals surface area contributed by atoms with Gasteiger partial charge in [0.05, 0.1) is 12.1 Å².